The number of hydrogen-bond donors (Lipinski definition) is 0. The van der Waals surface area contributed by atoms with Crippen molar-refractivity contribution in [2.45, 2.75) is 6.36 Å². The molecule has 0 radical (unpaired) electrons. The molecule has 0 fully saturated rings. The lowest BCUT2D eigenvalue weighted by molar-refractivity contribution is -0.274. The Balaban J connectivity index is 2.07. The molecule has 0 aliphatic carbocycles. The Bertz CT molecular complexity index is 680. The second kappa shape index (κ2) is 4.56. The lowest BCUT2D eigenvalue weighted by Gasteiger charge is -2.13. The van der Waals surface area contributed by atoms with E-state index >= 15 is 0 Å². The van der Waals surface area contributed by atoms with Gasteiger partial charge in [0.25, 0.3) is 0 Å². The summed E-state index contributed by atoms with van der Waals surface area (Å²) in [6.07, 6.45) is -3.45. The second-order valence-corrected chi connectivity index (χ2v) is 4.04. The lowest BCUT2D eigenvalue weighted by atomic mass is 10.2. The van der Waals surface area contributed by atoms with E-state index in [1.165, 1.54) is 18.3 Å². The Morgan fingerprint density at radius 3 is 2.50 bits per heavy atom. The second-order valence-electron chi connectivity index (χ2n) is 4.04. The van der Waals surface area contributed by atoms with Crippen molar-refractivity contribution in [3.05, 3.63) is 48.0 Å². The third kappa shape index (κ3) is 2.45. The van der Waals surface area contributed by atoms with Gasteiger partial charge in [0.05, 0.1) is 5.56 Å². The van der Waals surface area contributed by atoms with E-state index in [1.54, 1.807) is 30.3 Å². The first kappa shape index (κ1) is 12.5. The molecular formula is C14H8F3NO2. The quantitative estimate of drug-likeness (QED) is 0.659. The fourth-order valence-electron chi connectivity index (χ4n) is 1.86. The molecule has 0 N–H and O–H groups in total. The van der Waals surface area contributed by atoms with E-state index < -0.39 is 6.36 Å². The molecule has 3 nitrogen and oxygen atoms in total. The van der Waals surface area contributed by atoms with Gasteiger partial charge in [-0.05, 0) is 24.3 Å². The van der Waals surface area contributed by atoms with Gasteiger partial charge in [-0.1, -0.05) is 18.2 Å². The van der Waals surface area contributed by atoms with Gasteiger partial charge in [-0.3, -0.25) is 4.99 Å². The van der Waals surface area contributed by atoms with Crippen LogP contribution in [0.15, 0.2) is 47.5 Å². The topological polar surface area (TPSA) is 30.8 Å². The number of para-hydroxylation sites is 2. The SMILES string of the molecule is FC(F)(F)Oc1cccc2c1C=Nc1ccccc1O2. The van der Waals surface area contributed by atoms with E-state index in [4.69, 9.17) is 4.74 Å². The first-order valence-electron chi connectivity index (χ1n) is 5.73. The molecule has 0 bridgehead atoms. The van der Waals surface area contributed by atoms with Crippen molar-refractivity contribution in [3.63, 3.8) is 0 Å². The van der Waals surface area contributed by atoms with Crippen LogP contribution in [-0.2, 0) is 0 Å². The molecule has 0 amide bonds. The molecule has 102 valence electrons. The van der Waals surface area contributed by atoms with E-state index in [-0.39, 0.29) is 17.1 Å². The van der Waals surface area contributed by atoms with Crippen molar-refractivity contribution in [2.24, 2.45) is 4.99 Å². The maximum atomic E-state index is 12.4. The van der Waals surface area contributed by atoms with Crippen LogP contribution in [0.4, 0.5) is 18.9 Å². The summed E-state index contributed by atoms with van der Waals surface area (Å²) in [5.74, 6) is 0.402. The summed E-state index contributed by atoms with van der Waals surface area (Å²) in [6, 6.07) is 11.1. The Hall–Kier alpha value is -2.50. The fraction of sp³-hybridized carbons (Fsp3) is 0.0714. The minimum absolute atomic E-state index is 0.154. The number of nitrogens with zero attached hydrogens (tertiary/aromatic N) is 1. The van der Waals surface area contributed by atoms with Gasteiger partial charge in [0.15, 0.2) is 5.75 Å². The van der Waals surface area contributed by atoms with Crippen LogP contribution in [0.25, 0.3) is 0 Å². The summed E-state index contributed by atoms with van der Waals surface area (Å²) >= 11 is 0. The number of alkyl halides is 3. The summed E-state index contributed by atoms with van der Waals surface area (Å²) in [7, 11) is 0. The minimum atomic E-state index is -4.76. The average Bonchev–Trinajstić information content (AvgIpc) is 2.56. The smallest absolute Gasteiger partial charge is 0.454 e. The van der Waals surface area contributed by atoms with Crippen LogP contribution in [0, 0.1) is 0 Å². The molecule has 20 heavy (non-hydrogen) atoms. The molecule has 0 saturated heterocycles. The van der Waals surface area contributed by atoms with Crippen molar-refractivity contribution in [3.8, 4) is 17.2 Å². The summed E-state index contributed by atoms with van der Waals surface area (Å²) in [5, 5.41) is 0. The third-order valence-electron chi connectivity index (χ3n) is 2.67. The van der Waals surface area contributed by atoms with E-state index in [2.05, 4.69) is 9.73 Å². The van der Waals surface area contributed by atoms with E-state index in [0.717, 1.165) is 0 Å². The first-order chi connectivity index (χ1) is 9.53. The van der Waals surface area contributed by atoms with Crippen molar-refractivity contribution in [1.29, 1.82) is 0 Å². The molecule has 0 spiro atoms. The van der Waals surface area contributed by atoms with Gasteiger partial charge in [-0.25, -0.2) is 0 Å². The highest BCUT2D eigenvalue weighted by Gasteiger charge is 2.32. The molecule has 2 aromatic carbocycles. The first-order valence-corrected chi connectivity index (χ1v) is 5.73. The van der Waals surface area contributed by atoms with E-state index in [9.17, 15) is 13.2 Å². The van der Waals surface area contributed by atoms with Gasteiger partial charge < -0.3 is 9.47 Å². The standard InChI is InChI=1S/C14H8F3NO2/c15-14(16,17)20-12-7-3-6-11-9(12)8-18-10-4-1-2-5-13(10)19-11/h1-8H. The zero-order chi connectivity index (χ0) is 14.2. The number of aliphatic imine (C=N–C) groups is 1. The predicted molar refractivity (Wildman–Crippen MR) is 66.9 cm³/mol. The maximum Gasteiger partial charge on any atom is 0.573 e. The van der Waals surface area contributed by atoms with Crippen LogP contribution in [0.3, 0.4) is 0 Å². The molecule has 3 rings (SSSR count). The van der Waals surface area contributed by atoms with Crippen molar-refractivity contribution < 1.29 is 22.6 Å². The van der Waals surface area contributed by atoms with Gasteiger partial charge in [-0.15, -0.1) is 13.2 Å². The van der Waals surface area contributed by atoms with Crippen LogP contribution in [-0.4, -0.2) is 12.6 Å². The number of fused-ring (bicyclic) bond motifs is 2. The van der Waals surface area contributed by atoms with Crippen LogP contribution < -0.4 is 9.47 Å². The number of rotatable bonds is 1. The summed E-state index contributed by atoms with van der Waals surface area (Å²) < 4.78 is 46.7. The van der Waals surface area contributed by atoms with Crippen molar-refractivity contribution >= 4 is 11.9 Å². The highest BCUT2D eigenvalue weighted by atomic mass is 19.4. The molecule has 1 aliphatic rings. The van der Waals surface area contributed by atoms with Gasteiger partial charge >= 0.3 is 6.36 Å². The summed E-state index contributed by atoms with van der Waals surface area (Å²) in [4.78, 5) is 4.12. The van der Waals surface area contributed by atoms with Crippen LogP contribution in [0.2, 0.25) is 0 Å². The molecule has 0 atom stereocenters. The maximum absolute atomic E-state index is 12.4. The van der Waals surface area contributed by atoms with Crippen molar-refractivity contribution in [1.82, 2.24) is 0 Å². The number of hydrogen-bond acceptors (Lipinski definition) is 3. The van der Waals surface area contributed by atoms with Crippen LogP contribution in [0.1, 0.15) is 5.56 Å². The Morgan fingerprint density at radius 2 is 1.70 bits per heavy atom. The van der Waals surface area contributed by atoms with E-state index in [1.807, 2.05) is 0 Å². The van der Waals surface area contributed by atoms with E-state index in [0.29, 0.717) is 11.4 Å². The number of halogens is 3. The zero-order valence-corrected chi connectivity index (χ0v) is 10.0. The highest BCUT2D eigenvalue weighted by molar-refractivity contribution is 5.90. The molecule has 2 aromatic rings. The third-order valence-corrected chi connectivity index (χ3v) is 2.67. The Kier molecular flexibility index (Phi) is 2.85. The average molecular weight is 279 g/mol. The van der Waals surface area contributed by atoms with Crippen LogP contribution in [0.5, 0.6) is 17.2 Å². The molecule has 0 saturated carbocycles. The normalized spacial score (nSPS) is 12.9. The van der Waals surface area contributed by atoms with Gasteiger partial charge in [0, 0.05) is 6.21 Å². The summed E-state index contributed by atoms with van der Waals surface area (Å²) in [6.45, 7) is 0. The Morgan fingerprint density at radius 1 is 0.950 bits per heavy atom. The van der Waals surface area contributed by atoms with Crippen LogP contribution >= 0.6 is 0 Å². The minimum Gasteiger partial charge on any atom is -0.454 e. The van der Waals surface area contributed by atoms with Crippen molar-refractivity contribution in [2.75, 3.05) is 0 Å². The zero-order valence-electron chi connectivity index (χ0n) is 10.0. The fourth-order valence-corrected chi connectivity index (χ4v) is 1.86. The summed E-state index contributed by atoms with van der Waals surface area (Å²) in [5.41, 5.74) is 0.697. The molecule has 1 aliphatic heterocycles. The molecule has 0 unspecified atom stereocenters. The van der Waals surface area contributed by atoms with Gasteiger partial charge in [0.2, 0.25) is 0 Å². The molecule has 1 heterocycles. The van der Waals surface area contributed by atoms with Gasteiger partial charge in [-0.2, -0.15) is 0 Å². The number of benzene rings is 2. The molecule has 0 aromatic heterocycles. The lowest BCUT2D eigenvalue weighted by Crippen LogP contribution is -2.18. The largest absolute Gasteiger partial charge is 0.573 e. The van der Waals surface area contributed by atoms with Gasteiger partial charge in [0.1, 0.15) is 17.2 Å². The molecular weight excluding hydrogens is 271 g/mol. The number of ether oxygens (including phenoxy) is 2. The monoisotopic (exact) mass is 279 g/mol. The molecule has 6 heteroatoms. The Labute approximate surface area is 112 Å². The predicted octanol–water partition coefficient (Wildman–Crippen LogP) is 4.44. The highest BCUT2D eigenvalue weighted by Crippen LogP contribution is 2.39.